The summed E-state index contributed by atoms with van der Waals surface area (Å²) in [4.78, 5) is 0. The second-order valence-electron chi connectivity index (χ2n) is 7.19. The highest BCUT2D eigenvalue weighted by molar-refractivity contribution is 6.31. The molecule has 0 atom stereocenters. The summed E-state index contributed by atoms with van der Waals surface area (Å²) in [6.45, 7) is 2.98. The van der Waals surface area contributed by atoms with Crippen LogP contribution in [0.2, 0.25) is 5.02 Å². The summed E-state index contributed by atoms with van der Waals surface area (Å²) < 4.78 is 1.96. The Morgan fingerprint density at radius 1 is 1.25 bits per heavy atom. The summed E-state index contributed by atoms with van der Waals surface area (Å²) in [7, 11) is 0. The van der Waals surface area contributed by atoms with Crippen LogP contribution >= 0.6 is 11.6 Å². The number of hydrogen-bond acceptors (Lipinski definition) is 2. The maximum Gasteiger partial charge on any atom is 0.113 e. The molecule has 1 N–H and O–H groups in total. The number of aromatic nitrogens is 2. The zero-order chi connectivity index (χ0) is 13.9. The zero-order valence-corrected chi connectivity index (χ0v) is 12.8. The van der Waals surface area contributed by atoms with Crippen molar-refractivity contribution in [3.05, 3.63) is 16.9 Å². The number of halogens is 1. The van der Waals surface area contributed by atoms with E-state index in [1.807, 2.05) is 4.68 Å². The van der Waals surface area contributed by atoms with E-state index in [0.29, 0.717) is 16.9 Å². The number of rotatable bonds is 3. The Morgan fingerprint density at radius 2 is 1.85 bits per heavy atom. The van der Waals surface area contributed by atoms with E-state index in [-0.39, 0.29) is 0 Å². The summed E-state index contributed by atoms with van der Waals surface area (Å²) in [6.07, 6.45) is 8.84. The van der Waals surface area contributed by atoms with Crippen LogP contribution in [-0.4, -0.2) is 14.9 Å². The highest BCUT2D eigenvalue weighted by Gasteiger charge is 2.59. The van der Waals surface area contributed by atoms with Crippen LogP contribution in [0, 0.1) is 23.7 Å². The average Bonchev–Trinajstić information content (AvgIpc) is 2.77. The van der Waals surface area contributed by atoms with Gasteiger partial charge in [0.05, 0.1) is 16.9 Å². The van der Waals surface area contributed by atoms with Gasteiger partial charge in [-0.2, -0.15) is 5.10 Å². The lowest BCUT2D eigenvalue weighted by molar-refractivity contribution is -0.183. The summed E-state index contributed by atoms with van der Waals surface area (Å²) >= 11 is 6.42. The monoisotopic (exact) mass is 294 g/mol. The van der Waals surface area contributed by atoms with Gasteiger partial charge in [0.25, 0.3) is 0 Å². The second-order valence-corrected chi connectivity index (χ2v) is 7.60. The minimum Gasteiger partial charge on any atom is -0.383 e. The molecule has 4 fully saturated rings. The van der Waals surface area contributed by atoms with Crippen molar-refractivity contribution in [1.82, 2.24) is 9.78 Å². The highest BCUT2D eigenvalue weighted by Crippen LogP contribution is 2.62. The molecule has 5 rings (SSSR count). The van der Waals surface area contributed by atoms with Crippen molar-refractivity contribution in [2.75, 3.05) is 0 Å². The molecule has 0 aromatic carbocycles. The maximum atomic E-state index is 11.6. The Kier molecular flexibility index (Phi) is 2.94. The van der Waals surface area contributed by atoms with Crippen molar-refractivity contribution < 1.29 is 5.11 Å². The molecule has 1 heterocycles. The van der Waals surface area contributed by atoms with E-state index in [1.165, 1.54) is 32.1 Å². The fourth-order valence-electron chi connectivity index (χ4n) is 5.43. The Labute approximate surface area is 125 Å². The van der Waals surface area contributed by atoms with Crippen LogP contribution in [0.3, 0.4) is 0 Å². The summed E-state index contributed by atoms with van der Waals surface area (Å²) in [6, 6.07) is 0. The molecule has 4 bridgehead atoms. The fourth-order valence-corrected chi connectivity index (χ4v) is 5.72. The third-order valence-corrected chi connectivity index (χ3v) is 6.27. The van der Waals surface area contributed by atoms with Gasteiger partial charge in [-0.05, 0) is 62.2 Å². The molecular weight excluding hydrogens is 272 g/mol. The van der Waals surface area contributed by atoms with E-state index >= 15 is 0 Å². The second kappa shape index (κ2) is 4.48. The Bertz CT molecular complexity index is 497. The molecule has 0 amide bonds. The lowest BCUT2D eigenvalue weighted by Gasteiger charge is -2.58. The first-order valence-corrected chi connectivity index (χ1v) is 8.44. The van der Waals surface area contributed by atoms with Gasteiger partial charge in [-0.15, -0.1) is 0 Å². The smallest absolute Gasteiger partial charge is 0.113 e. The molecule has 4 saturated carbocycles. The lowest BCUT2D eigenvalue weighted by atomic mass is 9.49. The summed E-state index contributed by atoms with van der Waals surface area (Å²) in [5.41, 5.74) is 0.186. The van der Waals surface area contributed by atoms with Crippen LogP contribution in [-0.2, 0) is 12.1 Å². The lowest BCUT2D eigenvalue weighted by Crippen LogP contribution is -2.56. The van der Waals surface area contributed by atoms with E-state index in [1.54, 1.807) is 6.20 Å². The van der Waals surface area contributed by atoms with Crippen LogP contribution < -0.4 is 0 Å². The van der Waals surface area contributed by atoms with Gasteiger partial charge in [0.15, 0.2) is 0 Å². The number of hydrogen-bond donors (Lipinski definition) is 1. The minimum absolute atomic E-state index is 0.392. The standard InChI is InChI=1S/C16H23ClN2O/c1-2-3-19-15(14(17)9-18-19)16(20)12-5-10-4-11(7-12)8-13(16)6-10/h9-13,20H,2-8H2,1H3. The van der Waals surface area contributed by atoms with Crippen molar-refractivity contribution in [2.45, 2.75) is 57.6 Å². The number of aryl methyl sites for hydroxylation is 1. The van der Waals surface area contributed by atoms with Gasteiger partial charge < -0.3 is 5.11 Å². The van der Waals surface area contributed by atoms with Crippen LogP contribution in [0.25, 0.3) is 0 Å². The minimum atomic E-state index is -0.726. The van der Waals surface area contributed by atoms with E-state index in [9.17, 15) is 5.11 Å². The van der Waals surface area contributed by atoms with Gasteiger partial charge in [-0.1, -0.05) is 18.5 Å². The van der Waals surface area contributed by atoms with Crippen molar-refractivity contribution in [3.63, 3.8) is 0 Å². The van der Waals surface area contributed by atoms with Crippen LogP contribution in [0.5, 0.6) is 0 Å². The molecule has 4 aliphatic rings. The first kappa shape index (κ1) is 13.1. The molecule has 3 nitrogen and oxygen atoms in total. The highest BCUT2D eigenvalue weighted by atomic mass is 35.5. The third-order valence-electron chi connectivity index (χ3n) is 5.99. The van der Waals surface area contributed by atoms with Crippen LogP contribution in [0.15, 0.2) is 6.20 Å². The van der Waals surface area contributed by atoms with Gasteiger partial charge >= 0.3 is 0 Å². The predicted octanol–water partition coefficient (Wildman–Crippen LogP) is 3.59. The molecular formula is C16H23ClN2O. The molecule has 1 aromatic heterocycles. The molecule has 4 aliphatic carbocycles. The third kappa shape index (κ3) is 1.66. The molecule has 0 aliphatic heterocycles. The Balaban J connectivity index is 1.79. The Hall–Kier alpha value is -0.540. The average molecular weight is 295 g/mol. The first-order chi connectivity index (χ1) is 9.62. The molecule has 110 valence electrons. The molecule has 1 aromatic rings. The molecule has 0 radical (unpaired) electrons. The van der Waals surface area contributed by atoms with E-state index in [0.717, 1.165) is 30.5 Å². The fraction of sp³-hybridized carbons (Fsp3) is 0.812. The van der Waals surface area contributed by atoms with Crippen LogP contribution in [0.1, 0.15) is 51.1 Å². The number of aliphatic hydroxyl groups is 1. The van der Waals surface area contributed by atoms with E-state index < -0.39 is 5.60 Å². The summed E-state index contributed by atoms with van der Waals surface area (Å²) in [5.74, 6) is 2.48. The first-order valence-electron chi connectivity index (χ1n) is 8.07. The number of nitrogens with zero attached hydrogens (tertiary/aromatic N) is 2. The van der Waals surface area contributed by atoms with Gasteiger partial charge in [0.1, 0.15) is 5.60 Å². The van der Waals surface area contributed by atoms with Gasteiger partial charge in [0.2, 0.25) is 0 Å². The predicted molar refractivity (Wildman–Crippen MR) is 78.5 cm³/mol. The maximum absolute atomic E-state index is 11.6. The molecule has 0 unspecified atom stereocenters. The molecule has 20 heavy (non-hydrogen) atoms. The molecule has 0 saturated heterocycles. The normalized spacial score (nSPS) is 42.4. The zero-order valence-electron chi connectivity index (χ0n) is 12.1. The van der Waals surface area contributed by atoms with Gasteiger partial charge in [-0.25, -0.2) is 0 Å². The quantitative estimate of drug-likeness (QED) is 0.925. The largest absolute Gasteiger partial charge is 0.383 e. The molecule has 0 spiro atoms. The van der Waals surface area contributed by atoms with Crippen molar-refractivity contribution in [2.24, 2.45) is 23.7 Å². The van der Waals surface area contributed by atoms with Gasteiger partial charge in [-0.3, -0.25) is 4.68 Å². The van der Waals surface area contributed by atoms with Crippen LogP contribution in [0.4, 0.5) is 0 Å². The SMILES string of the molecule is CCCn1ncc(Cl)c1C1(O)C2CC3CC(C2)CC1C3. The van der Waals surface area contributed by atoms with Crippen molar-refractivity contribution in [1.29, 1.82) is 0 Å². The van der Waals surface area contributed by atoms with E-state index in [2.05, 4.69) is 12.0 Å². The van der Waals surface area contributed by atoms with Crippen molar-refractivity contribution in [3.8, 4) is 0 Å². The van der Waals surface area contributed by atoms with Crippen molar-refractivity contribution >= 4 is 11.6 Å². The van der Waals surface area contributed by atoms with Gasteiger partial charge in [0, 0.05) is 6.54 Å². The molecule has 4 heteroatoms. The van der Waals surface area contributed by atoms with E-state index in [4.69, 9.17) is 11.6 Å². The topological polar surface area (TPSA) is 38.0 Å². The Morgan fingerprint density at radius 3 is 2.40 bits per heavy atom. The summed E-state index contributed by atoms with van der Waals surface area (Å²) in [5, 5.41) is 16.7.